The number of benzene rings is 1. The van der Waals surface area contributed by atoms with E-state index in [-0.39, 0.29) is 5.91 Å². The Morgan fingerprint density at radius 2 is 2.05 bits per heavy atom. The molecule has 0 radical (unpaired) electrons. The topological polar surface area (TPSA) is 38.8 Å². The third-order valence-electron chi connectivity index (χ3n) is 4.96. The molecular weight excluding hydrogens is 254 g/mol. The second kappa shape index (κ2) is 3.57. The number of hydrogen-bond acceptors (Lipinski definition) is 3. The van der Waals surface area contributed by atoms with E-state index < -0.39 is 0 Å². The maximum atomic E-state index is 12.2. The molecule has 0 saturated carbocycles. The van der Waals surface area contributed by atoms with Crippen LogP contribution >= 0.6 is 0 Å². The third-order valence-corrected chi connectivity index (χ3v) is 4.96. The molecule has 0 fully saturated rings. The van der Waals surface area contributed by atoms with Crippen LogP contribution in [0.25, 0.3) is 0 Å². The molecule has 1 aromatic rings. The van der Waals surface area contributed by atoms with Crippen LogP contribution in [-0.4, -0.2) is 17.6 Å². The van der Waals surface area contributed by atoms with Crippen LogP contribution in [0.1, 0.15) is 42.7 Å². The lowest BCUT2D eigenvalue weighted by Gasteiger charge is -2.37. The molecule has 3 aliphatic heterocycles. The Kier molecular flexibility index (Phi) is 1.92. The molecule has 102 valence electrons. The molecule has 1 unspecified atom stereocenters. The van der Waals surface area contributed by atoms with Gasteiger partial charge in [-0.3, -0.25) is 4.79 Å². The van der Waals surface area contributed by atoms with Crippen molar-refractivity contribution in [2.45, 2.75) is 38.1 Å². The lowest BCUT2D eigenvalue weighted by Crippen LogP contribution is -2.33. The van der Waals surface area contributed by atoms with E-state index in [1.165, 1.54) is 28.8 Å². The van der Waals surface area contributed by atoms with E-state index in [1.54, 1.807) is 0 Å². The van der Waals surface area contributed by atoms with Crippen molar-refractivity contribution in [2.24, 2.45) is 0 Å². The number of nitrogens with zero attached hydrogens (tertiary/aromatic N) is 1. The maximum Gasteiger partial charge on any atom is 0.231 e. The first-order valence-corrected chi connectivity index (χ1v) is 7.26. The van der Waals surface area contributed by atoms with E-state index in [1.807, 2.05) is 4.90 Å². The number of hydrogen-bond donors (Lipinski definition) is 0. The first-order chi connectivity index (χ1) is 9.81. The normalized spacial score (nSPS) is 25.9. The van der Waals surface area contributed by atoms with Crippen molar-refractivity contribution in [3.63, 3.8) is 0 Å². The number of allylic oxidation sites excluding steroid dienone is 1. The molecule has 5 rings (SSSR count). The second-order valence-electron chi connectivity index (χ2n) is 5.99. The van der Waals surface area contributed by atoms with Crippen molar-refractivity contribution in [2.75, 3.05) is 6.79 Å². The zero-order chi connectivity index (χ0) is 13.3. The largest absolute Gasteiger partial charge is 0.454 e. The lowest BCUT2D eigenvalue weighted by atomic mass is 9.78. The molecule has 4 nitrogen and oxygen atoms in total. The van der Waals surface area contributed by atoms with Crippen LogP contribution in [0.15, 0.2) is 23.4 Å². The molecular formula is C16H15NO3. The summed E-state index contributed by atoms with van der Waals surface area (Å²) in [5.74, 6) is 2.32. The summed E-state index contributed by atoms with van der Waals surface area (Å²) in [7, 11) is 0. The fraction of sp³-hybridized carbons (Fsp3) is 0.438. The molecule has 3 heterocycles. The van der Waals surface area contributed by atoms with Crippen LogP contribution < -0.4 is 9.47 Å². The van der Waals surface area contributed by atoms with Crippen LogP contribution in [0.3, 0.4) is 0 Å². The highest BCUT2D eigenvalue weighted by molar-refractivity contribution is 5.85. The number of ether oxygens (including phenoxy) is 2. The molecule has 1 aliphatic carbocycles. The monoisotopic (exact) mass is 269 g/mol. The summed E-state index contributed by atoms with van der Waals surface area (Å²) in [6.07, 6.45) is 4.04. The number of amides is 1. The number of rotatable bonds is 0. The van der Waals surface area contributed by atoms with Gasteiger partial charge in [0.25, 0.3) is 0 Å². The van der Waals surface area contributed by atoms with Crippen molar-refractivity contribution in [3.05, 3.63) is 34.5 Å². The third kappa shape index (κ3) is 1.24. The van der Waals surface area contributed by atoms with Gasteiger partial charge in [-0.25, -0.2) is 0 Å². The Bertz CT molecular complexity index is 677. The summed E-state index contributed by atoms with van der Waals surface area (Å²) in [5.41, 5.74) is 5.23. The summed E-state index contributed by atoms with van der Waals surface area (Å²) in [4.78, 5) is 14.2. The molecule has 0 bridgehead atoms. The molecule has 0 N–H and O–H groups in total. The van der Waals surface area contributed by atoms with Crippen LogP contribution in [0.5, 0.6) is 11.5 Å². The summed E-state index contributed by atoms with van der Waals surface area (Å²) < 4.78 is 11.0. The minimum atomic E-state index is 0.269. The van der Waals surface area contributed by atoms with Crippen LogP contribution in [0.2, 0.25) is 0 Å². The van der Waals surface area contributed by atoms with Crippen molar-refractivity contribution in [3.8, 4) is 11.5 Å². The summed E-state index contributed by atoms with van der Waals surface area (Å²) >= 11 is 0. The predicted octanol–water partition coefficient (Wildman–Crippen LogP) is 2.68. The fourth-order valence-electron chi connectivity index (χ4n) is 4.11. The van der Waals surface area contributed by atoms with Gasteiger partial charge >= 0.3 is 0 Å². The van der Waals surface area contributed by atoms with Gasteiger partial charge in [0, 0.05) is 11.6 Å². The SMILES string of the molecule is O=C1CC2=C3C(CCC2)c2cc4c(cc2CN13)OCO4. The molecule has 4 aliphatic rings. The van der Waals surface area contributed by atoms with Gasteiger partial charge in [-0.15, -0.1) is 0 Å². The van der Waals surface area contributed by atoms with E-state index >= 15 is 0 Å². The van der Waals surface area contributed by atoms with Gasteiger partial charge in [-0.1, -0.05) is 0 Å². The molecule has 0 aromatic heterocycles. The number of carbonyl (C=O) groups excluding carboxylic acids is 1. The van der Waals surface area contributed by atoms with E-state index in [9.17, 15) is 4.79 Å². The molecule has 0 saturated heterocycles. The highest BCUT2D eigenvalue weighted by Crippen LogP contribution is 2.51. The Labute approximate surface area is 117 Å². The first-order valence-electron chi connectivity index (χ1n) is 7.26. The van der Waals surface area contributed by atoms with Crippen LogP contribution in [0, 0.1) is 0 Å². The molecule has 20 heavy (non-hydrogen) atoms. The highest BCUT2D eigenvalue weighted by Gasteiger charge is 2.42. The number of fused-ring (bicyclic) bond motifs is 3. The van der Waals surface area contributed by atoms with Gasteiger partial charge in [0.1, 0.15) is 0 Å². The average molecular weight is 269 g/mol. The van der Waals surface area contributed by atoms with Gasteiger partial charge in [0.15, 0.2) is 11.5 Å². The number of carbonyl (C=O) groups is 1. The Hall–Kier alpha value is -1.97. The quantitative estimate of drug-likeness (QED) is 0.727. The van der Waals surface area contributed by atoms with Crippen molar-refractivity contribution < 1.29 is 14.3 Å². The van der Waals surface area contributed by atoms with E-state index in [4.69, 9.17) is 9.47 Å². The molecule has 1 atom stereocenters. The summed E-state index contributed by atoms with van der Waals surface area (Å²) in [6.45, 7) is 1.000. The van der Waals surface area contributed by atoms with Gasteiger partial charge in [0.05, 0.1) is 13.0 Å². The molecule has 4 heteroatoms. The standard InChI is InChI=1S/C16H15NO3/c18-15-5-9-2-1-3-11-12-6-14-13(19-8-20-14)4-10(12)7-17(15)16(9)11/h4,6,11H,1-3,5,7-8H2. The van der Waals surface area contributed by atoms with Crippen molar-refractivity contribution >= 4 is 5.91 Å². The zero-order valence-corrected chi connectivity index (χ0v) is 11.1. The minimum absolute atomic E-state index is 0.269. The maximum absolute atomic E-state index is 12.2. The van der Waals surface area contributed by atoms with Crippen LogP contribution in [-0.2, 0) is 11.3 Å². The molecule has 0 spiro atoms. The fourth-order valence-corrected chi connectivity index (χ4v) is 4.11. The zero-order valence-electron chi connectivity index (χ0n) is 11.1. The van der Waals surface area contributed by atoms with Crippen molar-refractivity contribution in [1.82, 2.24) is 4.90 Å². The smallest absolute Gasteiger partial charge is 0.231 e. The summed E-state index contributed by atoms with van der Waals surface area (Å²) in [5, 5.41) is 0. The Balaban J connectivity index is 1.72. The Morgan fingerprint density at radius 3 is 2.95 bits per heavy atom. The second-order valence-corrected chi connectivity index (χ2v) is 5.99. The van der Waals surface area contributed by atoms with Gasteiger partial charge in [-0.05, 0) is 48.1 Å². The average Bonchev–Trinajstić information content (AvgIpc) is 3.03. The first kappa shape index (κ1) is 10.8. The van der Waals surface area contributed by atoms with Gasteiger partial charge in [-0.2, -0.15) is 0 Å². The Morgan fingerprint density at radius 1 is 1.20 bits per heavy atom. The molecule has 1 amide bonds. The summed E-state index contributed by atoms with van der Waals surface area (Å²) in [6, 6.07) is 4.20. The van der Waals surface area contributed by atoms with Gasteiger partial charge in [0.2, 0.25) is 12.7 Å². The van der Waals surface area contributed by atoms with Crippen molar-refractivity contribution in [1.29, 1.82) is 0 Å². The van der Waals surface area contributed by atoms with Gasteiger partial charge < -0.3 is 14.4 Å². The minimum Gasteiger partial charge on any atom is -0.454 e. The lowest BCUT2D eigenvalue weighted by molar-refractivity contribution is -0.128. The predicted molar refractivity (Wildman–Crippen MR) is 71.4 cm³/mol. The van der Waals surface area contributed by atoms with E-state index in [0.717, 1.165) is 24.3 Å². The van der Waals surface area contributed by atoms with E-state index in [0.29, 0.717) is 25.7 Å². The highest BCUT2D eigenvalue weighted by atomic mass is 16.7. The molecule has 1 aromatic carbocycles. The van der Waals surface area contributed by atoms with E-state index in [2.05, 4.69) is 12.1 Å². The van der Waals surface area contributed by atoms with Crippen LogP contribution in [0.4, 0.5) is 0 Å².